The molecule has 6 heteroatoms. The summed E-state index contributed by atoms with van der Waals surface area (Å²) in [5, 5.41) is 13.3. The van der Waals surface area contributed by atoms with E-state index in [-0.39, 0.29) is 11.7 Å². The van der Waals surface area contributed by atoms with Crippen LogP contribution < -0.4 is 10.2 Å². The van der Waals surface area contributed by atoms with Gasteiger partial charge in [-0.15, -0.1) is 0 Å². The van der Waals surface area contributed by atoms with Crippen LogP contribution in [0.25, 0.3) is 0 Å². The predicted molar refractivity (Wildman–Crippen MR) is 78.7 cm³/mol. The first-order valence-corrected chi connectivity index (χ1v) is 6.23. The average Bonchev–Trinajstić information content (AvgIpc) is 2.49. The largest absolute Gasteiger partial charge is 0.504 e. The standard InChI is InChI=1S/C15H15N3O3/c1-10-3-5-12(9-16-10)15(20)18-17-8-11-4-6-13(19)14(7-11)21-2/h3-9,19H,1-2H3,(H,18,20). The van der Waals surface area contributed by atoms with Crippen LogP contribution in [0.4, 0.5) is 0 Å². The minimum absolute atomic E-state index is 0.0458. The SMILES string of the molecule is COc1cc(C=NNC(=O)c2ccc(C)nc2)ccc1O. The molecule has 0 unspecified atom stereocenters. The number of pyridine rings is 1. The molecule has 0 bridgehead atoms. The van der Waals surface area contributed by atoms with E-state index in [9.17, 15) is 9.90 Å². The van der Waals surface area contributed by atoms with Crippen molar-refractivity contribution in [3.05, 3.63) is 53.3 Å². The van der Waals surface area contributed by atoms with E-state index < -0.39 is 0 Å². The normalized spacial score (nSPS) is 10.6. The third kappa shape index (κ3) is 3.79. The molecule has 1 amide bonds. The number of benzene rings is 1. The summed E-state index contributed by atoms with van der Waals surface area (Å²) < 4.78 is 4.99. The zero-order chi connectivity index (χ0) is 15.2. The highest BCUT2D eigenvalue weighted by Gasteiger charge is 2.04. The number of ether oxygens (including phenoxy) is 1. The van der Waals surface area contributed by atoms with Gasteiger partial charge < -0.3 is 9.84 Å². The molecule has 0 saturated carbocycles. The van der Waals surface area contributed by atoms with Gasteiger partial charge >= 0.3 is 0 Å². The van der Waals surface area contributed by atoms with Crippen LogP contribution in [-0.2, 0) is 0 Å². The lowest BCUT2D eigenvalue weighted by atomic mass is 10.2. The lowest BCUT2D eigenvalue weighted by Gasteiger charge is -2.03. The van der Waals surface area contributed by atoms with Gasteiger partial charge in [-0.1, -0.05) is 0 Å². The van der Waals surface area contributed by atoms with Crippen molar-refractivity contribution in [3.8, 4) is 11.5 Å². The number of carbonyl (C=O) groups is 1. The van der Waals surface area contributed by atoms with E-state index in [4.69, 9.17) is 4.74 Å². The molecule has 0 fully saturated rings. The van der Waals surface area contributed by atoms with Crippen molar-refractivity contribution in [2.24, 2.45) is 5.10 Å². The molecular weight excluding hydrogens is 270 g/mol. The van der Waals surface area contributed by atoms with Gasteiger partial charge in [0, 0.05) is 11.9 Å². The van der Waals surface area contributed by atoms with E-state index in [0.717, 1.165) is 5.69 Å². The third-order valence-electron chi connectivity index (χ3n) is 2.76. The Hall–Kier alpha value is -2.89. The van der Waals surface area contributed by atoms with Gasteiger partial charge in [-0.05, 0) is 42.8 Å². The number of hydrogen-bond acceptors (Lipinski definition) is 5. The molecule has 0 atom stereocenters. The maximum Gasteiger partial charge on any atom is 0.272 e. The number of methoxy groups -OCH3 is 1. The van der Waals surface area contributed by atoms with Crippen LogP contribution in [0.5, 0.6) is 11.5 Å². The van der Waals surface area contributed by atoms with Gasteiger partial charge in [-0.2, -0.15) is 5.10 Å². The van der Waals surface area contributed by atoms with Gasteiger partial charge in [0.25, 0.3) is 5.91 Å². The van der Waals surface area contributed by atoms with Crippen molar-refractivity contribution in [1.29, 1.82) is 0 Å². The molecule has 6 nitrogen and oxygen atoms in total. The summed E-state index contributed by atoms with van der Waals surface area (Å²) in [5.74, 6) is 0.0434. The number of carbonyl (C=O) groups excluding carboxylic acids is 1. The molecule has 0 aliphatic heterocycles. The van der Waals surface area contributed by atoms with E-state index in [1.54, 1.807) is 24.3 Å². The number of aryl methyl sites for hydroxylation is 1. The Morgan fingerprint density at radius 3 is 2.86 bits per heavy atom. The lowest BCUT2D eigenvalue weighted by molar-refractivity contribution is 0.0955. The average molecular weight is 285 g/mol. The van der Waals surface area contributed by atoms with Crippen molar-refractivity contribution in [1.82, 2.24) is 10.4 Å². The number of aromatic nitrogens is 1. The maximum atomic E-state index is 11.8. The van der Waals surface area contributed by atoms with Crippen LogP contribution in [0.3, 0.4) is 0 Å². The number of rotatable bonds is 4. The van der Waals surface area contributed by atoms with E-state index in [0.29, 0.717) is 16.9 Å². The second-order valence-electron chi connectivity index (χ2n) is 4.32. The molecule has 2 aromatic rings. The molecule has 0 aliphatic rings. The highest BCUT2D eigenvalue weighted by molar-refractivity contribution is 5.94. The first kappa shape index (κ1) is 14.5. The minimum atomic E-state index is -0.343. The number of phenolic OH excluding ortho intramolecular Hbond substituents is 1. The summed E-state index contributed by atoms with van der Waals surface area (Å²) in [6.45, 7) is 1.85. The number of hydrazone groups is 1. The van der Waals surface area contributed by atoms with Crippen LogP contribution in [0.2, 0.25) is 0 Å². The third-order valence-corrected chi connectivity index (χ3v) is 2.76. The first-order valence-electron chi connectivity index (χ1n) is 6.23. The number of hydrogen-bond donors (Lipinski definition) is 2. The van der Waals surface area contributed by atoms with Gasteiger partial charge in [0.15, 0.2) is 11.5 Å². The highest BCUT2D eigenvalue weighted by atomic mass is 16.5. The van der Waals surface area contributed by atoms with Crippen molar-refractivity contribution in [3.63, 3.8) is 0 Å². The number of nitrogens with zero attached hydrogens (tertiary/aromatic N) is 2. The molecule has 0 radical (unpaired) electrons. The number of nitrogens with one attached hydrogen (secondary N) is 1. The molecule has 2 N–H and O–H groups in total. The summed E-state index contributed by atoms with van der Waals surface area (Å²) in [4.78, 5) is 15.8. The lowest BCUT2D eigenvalue weighted by Crippen LogP contribution is -2.17. The smallest absolute Gasteiger partial charge is 0.272 e. The van der Waals surface area contributed by atoms with Gasteiger partial charge in [-0.25, -0.2) is 5.43 Å². The fraction of sp³-hybridized carbons (Fsp3) is 0.133. The molecule has 0 saturated heterocycles. The zero-order valence-corrected chi connectivity index (χ0v) is 11.7. The van der Waals surface area contributed by atoms with Crippen molar-refractivity contribution in [2.45, 2.75) is 6.92 Å². The van der Waals surface area contributed by atoms with Gasteiger partial charge in [0.05, 0.1) is 18.9 Å². The first-order chi connectivity index (χ1) is 10.1. The Balaban J connectivity index is 2.02. The van der Waals surface area contributed by atoms with Gasteiger partial charge in [-0.3, -0.25) is 9.78 Å². The Morgan fingerprint density at radius 2 is 2.19 bits per heavy atom. The fourth-order valence-corrected chi connectivity index (χ4v) is 1.61. The van der Waals surface area contributed by atoms with E-state index in [1.165, 1.54) is 25.6 Å². The number of amides is 1. The number of aromatic hydroxyl groups is 1. The minimum Gasteiger partial charge on any atom is -0.504 e. The molecule has 0 spiro atoms. The highest BCUT2D eigenvalue weighted by Crippen LogP contribution is 2.25. The van der Waals surface area contributed by atoms with Crippen LogP contribution in [-0.4, -0.2) is 29.3 Å². The second kappa shape index (κ2) is 6.51. The van der Waals surface area contributed by atoms with Crippen molar-refractivity contribution < 1.29 is 14.6 Å². The van der Waals surface area contributed by atoms with Gasteiger partial charge in [0.2, 0.25) is 0 Å². The molecule has 1 aromatic carbocycles. The van der Waals surface area contributed by atoms with E-state index >= 15 is 0 Å². The Kier molecular flexibility index (Phi) is 4.50. The topological polar surface area (TPSA) is 83.8 Å². The van der Waals surface area contributed by atoms with Crippen LogP contribution in [0.1, 0.15) is 21.6 Å². The van der Waals surface area contributed by atoms with Crippen LogP contribution in [0.15, 0.2) is 41.6 Å². The summed E-state index contributed by atoms with van der Waals surface area (Å²) in [6.07, 6.45) is 2.95. The Labute approximate surface area is 122 Å². The molecule has 21 heavy (non-hydrogen) atoms. The van der Waals surface area contributed by atoms with Crippen molar-refractivity contribution in [2.75, 3.05) is 7.11 Å². The number of phenols is 1. The monoisotopic (exact) mass is 285 g/mol. The fourth-order valence-electron chi connectivity index (χ4n) is 1.61. The Morgan fingerprint density at radius 1 is 1.38 bits per heavy atom. The van der Waals surface area contributed by atoms with Crippen LogP contribution >= 0.6 is 0 Å². The van der Waals surface area contributed by atoms with Crippen molar-refractivity contribution >= 4 is 12.1 Å². The molecule has 2 rings (SSSR count). The molecule has 108 valence electrons. The second-order valence-corrected chi connectivity index (χ2v) is 4.32. The summed E-state index contributed by atoms with van der Waals surface area (Å²) >= 11 is 0. The summed E-state index contributed by atoms with van der Waals surface area (Å²) in [7, 11) is 1.46. The quantitative estimate of drug-likeness (QED) is 0.663. The van der Waals surface area contributed by atoms with E-state index in [1.807, 2.05) is 6.92 Å². The Bertz CT molecular complexity index is 666. The zero-order valence-electron chi connectivity index (χ0n) is 11.7. The predicted octanol–water partition coefficient (Wildman–Crippen LogP) is 1.87. The maximum absolute atomic E-state index is 11.8. The summed E-state index contributed by atoms with van der Waals surface area (Å²) in [6, 6.07) is 8.19. The molecule has 0 aliphatic carbocycles. The molecule has 1 heterocycles. The summed E-state index contributed by atoms with van der Waals surface area (Å²) in [5.41, 5.74) is 4.36. The van der Waals surface area contributed by atoms with E-state index in [2.05, 4.69) is 15.5 Å². The molecule has 1 aromatic heterocycles. The van der Waals surface area contributed by atoms with Crippen LogP contribution in [0, 0.1) is 6.92 Å². The van der Waals surface area contributed by atoms with Gasteiger partial charge in [0.1, 0.15) is 0 Å². The molecular formula is C15H15N3O3.